The van der Waals surface area contributed by atoms with Crippen molar-refractivity contribution in [1.82, 2.24) is 14.3 Å². The van der Waals surface area contributed by atoms with Crippen molar-refractivity contribution in [2.24, 2.45) is 17.6 Å². The highest BCUT2D eigenvalue weighted by molar-refractivity contribution is 7.89. The van der Waals surface area contributed by atoms with Gasteiger partial charge in [0, 0.05) is 25.3 Å². The molecule has 1 unspecified atom stereocenters. The van der Waals surface area contributed by atoms with Crippen LogP contribution in [0.5, 0.6) is 0 Å². The van der Waals surface area contributed by atoms with Crippen LogP contribution in [0.15, 0.2) is 17.6 Å². The number of sulfonamides is 1. The molecule has 1 aliphatic rings. The number of hydrogen-bond donors (Lipinski definition) is 2. The van der Waals surface area contributed by atoms with Gasteiger partial charge in [-0.15, -0.1) is 12.4 Å². The van der Waals surface area contributed by atoms with Crippen LogP contribution >= 0.6 is 12.4 Å². The predicted octanol–water partition coefficient (Wildman–Crippen LogP) is 0.976. The van der Waals surface area contributed by atoms with Gasteiger partial charge in [-0.2, -0.15) is 0 Å². The first-order chi connectivity index (χ1) is 8.92. The molecule has 0 radical (unpaired) electrons. The standard InChI is InChI=1S/C12H22N4O2S.ClH/c1-9(2)6-16-7-12(14-8-16)19(17,18)15-11(5-13)10-3-4-10;/h7-11,15H,3-6,13H2,1-2H3;1H. The quantitative estimate of drug-likeness (QED) is 0.783. The summed E-state index contributed by atoms with van der Waals surface area (Å²) in [5, 5.41) is 0.0762. The molecule has 1 aromatic rings. The van der Waals surface area contributed by atoms with E-state index in [0.29, 0.717) is 18.4 Å². The van der Waals surface area contributed by atoms with E-state index in [2.05, 4.69) is 23.6 Å². The molecule has 2 rings (SSSR count). The minimum absolute atomic E-state index is 0. The van der Waals surface area contributed by atoms with Gasteiger partial charge >= 0.3 is 0 Å². The summed E-state index contributed by atoms with van der Waals surface area (Å²) in [6.45, 7) is 5.23. The van der Waals surface area contributed by atoms with Gasteiger partial charge in [0.15, 0.2) is 5.03 Å². The van der Waals surface area contributed by atoms with Crippen molar-refractivity contribution in [1.29, 1.82) is 0 Å². The van der Waals surface area contributed by atoms with E-state index in [-0.39, 0.29) is 23.5 Å². The summed E-state index contributed by atoms with van der Waals surface area (Å²) in [5.74, 6) is 0.832. The summed E-state index contributed by atoms with van der Waals surface area (Å²) in [5.41, 5.74) is 5.62. The van der Waals surface area contributed by atoms with Crippen LogP contribution in [0.2, 0.25) is 0 Å². The Hall–Kier alpha value is -0.630. The predicted molar refractivity (Wildman–Crippen MR) is 80.2 cm³/mol. The Kier molecular flexibility index (Phi) is 6.00. The third-order valence-electron chi connectivity index (χ3n) is 3.21. The molecule has 1 atom stereocenters. The Morgan fingerprint density at radius 1 is 1.50 bits per heavy atom. The van der Waals surface area contributed by atoms with E-state index in [0.717, 1.165) is 19.4 Å². The summed E-state index contributed by atoms with van der Waals surface area (Å²) in [7, 11) is -3.55. The van der Waals surface area contributed by atoms with Crippen LogP contribution < -0.4 is 10.5 Å². The summed E-state index contributed by atoms with van der Waals surface area (Å²) < 4.78 is 28.8. The molecule has 20 heavy (non-hydrogen) atoms. The van der Waals surface area contributed by atoms with Crippen LogP contribution in [0.4, 0.5) is 0 Å². The molecule has 0 spiro atoms. The van der Waals surface area contributed by atoms with Gasteiger partial charge in [0.2, 0.25) is 0 Å². The lowest BCUT2D eigenvalue weighted by Gasteiger charge is -2.14. The normalized spacial score (nSPS) is 17.0. The Morgan fingerprint density at radius 2 is 2.15 bits per heavy atom. The second-order valence-corrected chi connectivity index (χ2v) is 7.26. The van der Waals surface area contributed by atoms with Crippen molar-refractivity contribution in [2.45, 2.75) is 44.3 Å². The molecule has 3 N–H and O–H groups in total. The number of aromatic nitrogens is 2. The van der Waals surface area contributed by atoms with Crippen molar-refractivity contribution >= 4 is 22.4 Å². The van der Waals surface area contributed by atoms with Gasteiger partial charge in [-0.05, 0) is 24.7 Å². The molecule has 1 aliphatic carbocycles. The van der Waals surface area contributed by atoms with Gasteiger partial charge < -0.3 is 10.3 Å². The zero-order chi connectivity index (χ0) is 14.0. The highest BCUT2D eigenvalue weighted by Gasteiger charge is 2.34. The minimum Gasteiger partial charge on any atom is -0.336 e. The van der Waals surface area contributed by atoms with E-state index in [9.17, 15) is 8.42 Å². The number of hydrogen-bond acceptors (Lipinski definition) is 4. The molecule has 0 aliphatic heterocycles. The Balaban J connectivity index is 0.00000200. The monoisotopic (exact) mass is 322 g/mol. The van der Waals surface area contributed by atoms with Gasteiger partial charge in [-0.1, -0.05) is 13.8 Å². The maximum atomic E-state index is 12.2. The molecule has 1 saturated carbocycles. The minimum atomic E-state index is -3.55. The zero-order valence-electron chi connectivity index (χ0n) is 11.8. The molecule has 0 bridgehead atoms. The highest BCUT2D eigenvalue weighted by atomic mass is 35.5. The lowest BCUT2D eigenvalue weighted by molar-refractivity contribution is 0.514. The first kappa shape index (κ1) is 17.4. The van der Waals surface area contributed by atoms with Crippen LogP contribution in [0.1, 0.15) is 26.7 Å². The molecule has 116 valence electrons. The number of nitrogens with zero attached hydrogens (tertiary/aromatic N) is 2. The largest absolute Gasteiger partial charge is 0.336 e. The number of halogens is 1. The maximum absolute atomic E-state index is 12.2. The Morgan fingerprint density at radius 3 is 2.65 bits per heavy atom. The first-order valence-electron chi connectivity index (χ1n) is 6.66. The summed E-state index contributed by atoms with van der Waals surface area (Å²) in [6, 6.07) is -0.166. The summed E-state index contributed by atoms with van der Waals surface area (Å²) in [6.07, 6.45) is 5.23. The van der Waals surface area contributed by atoms with Crippen LogP contribution in [-0.4, -0.2) is 30.6 Å². The third kappa shape index (κ3) is 4.44. The fraction of sp³-hybridized carbons (Fsp3) is 0.750. The van der Waals surface area contributed by atoms with Crippen LogP contribution in [-0.2, 0) is 16.6 Å². The van der Waals surface area contributed by atoms with Crippen LogP contribution in [0, 0.1) is 11.8 Å². The molecular weight excluding hydrogens is 300 g/mol. The van der Waals surface area contributed by atoms with Crippen LogP contribution in [0.3, 0.4) is 0 Å². The van der Waals surface area contributed by atoms with Gasteiger partial charge in [-0.3, -0.25) is 0 Å². The second kappa shape index (κ2) is 6.89. The van der Waals surface area contributed by atoms with Gasteiger partial charge in [-0.25, -0.2) is 18.1 Å². The van der Waals surface area contributed by atoms with E-state index in [1.54, 1.807) is 17.1 Å². The van der Waals surface area contributed by atoms with Gasteiger partial charge in [0.1, 0.15) is 0 Å². The average Bonchev–Trinajstić information content (AvgIpc) is 3.06. The third-order valence-corrected chi connectivity index (χ3v) is 4.59. The molecule has 0 amide bonds. The molecule has 0 aromatic carbocycles. The van der Waals surface area contributed by atoms with Crippen molar-refractivity contribution in [3.8, 4) is 0 Å². The molecule has 1 fully saturated rings. The van der Waals surface area contributed by atoms with E-state index in [1.165, 1.54) is 0 Å². The van der Waals surface area contributed by atoms with Crippen molar-refractivity contribution in [2.75, 3.05) is 6.54 Å². The van der Waals surface area contributed by atoms with Gasteiger partial charge in [0.05, 0.1) is 6.33 Å². The first-order valence-corrected chi connectivity index (χ1v) is 8.15. The van der Waals surface area contributed by atoms with Crippen molar-refractivity contribution in [3.63, 3.8) is 0 Å². The topological polar surface area (TPSA) is 90.0 Å². The molecule has 0 saturated heterocycles. The number of imidazole rings is 1. The van der Waals surface area contributed by atoms with E-state index < -0.39 is 10.0 Å². The lowest BCUT2D eigenvalue weighted by Crippen LogP contribution is -2.41. The molecule has 8 heteroatoms. The van der Waals surface area contributed by atoms with E-state index in [1.807, 2.05) is 0 Å². The Labute approximate surface area is 126 Å². The number of nitrogens with two attached hydrogens (primary N) is 1. The summed E-state index contributed by atoms with van der Waals surface area (Å²) in [4.78, 5) is 3.98. The average molecular weight is 323 g/mol. The number of rotatable bonds is 7. The van der Waals surface area contributed by atoms with E-state index >= 15 is 0 Å². The van der Waals surface area contributed by atoms with Crippen molar-refractivity contribution in [3.05, 3.63) is 12.5 Å². The molecular formula is C12H23ClN4O2S. The summed E-state index contributed by atoms with van der Waals surface area (Å²) >= 11 is 0. The second-order valence-electron chi connectivity index (χ2n) is 5.60. The fourth-order valence-electron chi connectivity index (χ4n) is 2.09. The van der Waals surface area contributed by atoms with Crippen molar-refractivity contribution < 1.29 is 8.42 Å². The SMILES string of the molecule is CC(C)Cn1cnc(S(=O)(=O)NC(CN)C2CC2)c1.Cl. The maximum Gasteiger partial charge on any atom is 0.259 e. The fourth-order valence-corrected chi connectivity index (χ4v) is 3.36. The molecule has 6 nitrogen and oxygen atoms in total. The van der Waals surface area contributed by atoms with Gasteiger partial charge in [0.25, 0.3) is 10.0 Å². The zero-order valence-corrected chi connectivity index (χ0v) is 13.5. The molecule has 1 heterocycles. The smallest absolute Gasteiger partial charge is 0.259 e. The Bertz CT molecular complexity index is 525. The van der Waals surface area contributed by atoms with E-state index in [4.69, 9.17) is 5.73 Å². The van der Waals surface area contributed by atoms with Crippen LogP contribution in [0.25, 0.3) is 0 Å². The lowest BCUT2D eigenvalue weighted by atomic mass is 10.2. The highest BCUT2D eigenvalue weighted by Crippen LogP contribution is 2.32. The number of nitrogens with one attached hydrogen (secondary N) is 1. The molecule has 1 aromatic heterocycles.